The number of aromatic nitrogens is 2. The van der Waals surface area contributed by atoms with Gasteiger partial charge in [0.05, 0.1) is 0 Å². The topological polar surface area (TPSA) is 17.8 Å². The Balaban J connectivity index is 2.16. The highest BCUT2D eigenvalue weighted by molar-refractivity contribution is 4.96. The highest BCUT2D eigenvalue weighted by Gasteiger charge is 2.03. The van der Waals surface area contributed by atoms with Gasteiger partial charge in [-0.3, -0.25) is 4.68 Å². The SMILES string of the molecule is CCCCCC(C)CCn1nccc1C. The maximum Gasteiger partial charge on any atom is 0.0492 e. The van der Waals surface area contributed by atoms with Gasteiger partial charge in [-0.2, -0.15) is 5.10 Å². The van der Waals surface area contributed by atoms with E-state index in [1.807, 2.05) is 6.20 Å². The van der Waals surface area contributed by atoms with Crippen LogP contribution < -0.4 is 0 Å². The van der Waals surface area contributed by atoms with Crippen LogP contribution in [-0.4, -0.2) is 9.78 Å². The molecule has 0 saturated carbocycles. The van der Waals surface area contributed by atoms with E-state index in [2.05, 4.69) is 36.6 Å². The average molecular weight is 208 g/mol. The molecule has 2 nitrogen and oxygen atoms in total. The van der Waals surface area contributed by atoms with E-state index in [0.29, 0.717) is 0 Å². The highest BCUT2D eigenvalue weighted by atomic mass is 15.3. The monoisotopic (exact) mass is 208 g/mol. The lowest BCUT2D eigenvalue weighted by molar-refractivity contribution is 0.415. The summed E-state index contributed by atoms with van der Waals surface area (Å²) in [5, 5.41) is 4.30. The third-order valence-corrected chi connectivity index (χ3v) is 3.06. The Hall–Kier alpha value is -0.790. The summed E-state index contributed by atoms with van der Waals surface area (Å²) in [7, 11) is 0. The number of rotatable bonds is 7. The lowest BCUT2D eigenvalue weighted by atomic mass is 10.00. The van der Waals surface area contributed by atoms with Gasteiger partial charge in [0, 0.05) is 18.4 Å². The molecule has 1 unspecified atom stereocenters. The van der Waals surface area contributed by atoms with Crippen molar-refractivity contribution in [1.82, 2.24) is 9.78 Å². The third kappa shape index (κ3) is 4.50. The minimum atomic E-state index is 0.833. The molecule has 0 N–H and O–H groups in total. The molecule has 0 spiro atoms. The van der Waals surface area contributed by atoms with E-state index in [-0.39, 0.29) is 0 Å². The zero-order chi connectivity index (χ0) is 11.1. The highest BCUT2D eigenvalue weighted by Crippen LogP contribution is 2.14. The fourth-order valence-electron chi connectivity index (χ4n) is 1.86. The number of nitrogens with zero attached hydrogens (tertiary/aromatic N) is 2. The van der Waals surface area contributed by atoms with E-state index in [9.17, 15) is 0 Å². The van der Waals surface area contributed by atoms with Gasteiger partial charge < -0.3 is 0 Å². The normalized spacial score (nSPS) is 13.0. The van der Waals surface area contributed by atoms with E-state index in [4.69, 9.17) is 0 Å². The number of hydrogen-bond acceptors (Lipinski definition) is 1. The van der Waals surface area contributed by atoms with Crippen LogP contribution in [0.3, 0.4) is 0 Å². The summed E-state index contributed by atoms with van der Waals surface area (Å²) in [5.41, 5.74) is 1.27. The molecule has 0 radical (unpaired) electrons. The lowest BCUT2D eigenvalue weighted by Crippen LogP contribution is -2.06. The van der Waals surface area contributed by atoms with Crippen LogP contribution >= 0.6 is 0 Å². The maximum absolute atomic E-state index is 4.30. The predicted octanol–water partition coefficient (Wildman–Crippen LogP) is 3.80. The van der Waals surface area contributed by atoms with Gasteiger partial charge in [0.1, 0.15) is 0 Å². The second kappa shape index (κ2) is 6.65. The molecule has 86 valence electrons. The fourth-order valence-corrected chi connectivity index (χ4v) is 1.86. The van der Waals surface area contributed by atoms with Gasteiger partial charge in [0.15, 0.2) is 0 Å². The Morgan fingerprint density at radius 1 is 1.33 bits per heavy atom. The summed E-state index contributed by atoms with van der Waals surface area (Å²) in [6.45, 7) is 7.81. The van der Waals surface area contributed by atoms with Crippen molar-refractivity contribution in [3.8, 4) is 0 Å². The molecular weight excluding hydrogens is 184 g/mol. The molecule has 1 aromatic rings. The zero-order valence-electron chi connectivity index (χ0n) is 10.4. The molecule has 0 saturated heterocycles. The Labute approximate surface area is 93.7 Å². The molecule has 0 bridgehead atoms. The van der Waals surface area contributed by atoms with Crippen molar-refractivity contribution in [2.75, 3.05) is 0 Å². The largest absolute Gasteiger partial charge is 0.270 e. The van der Waals surface area contributed by atoms with E-state index in [0.717, 1.165) is 12.5 Å². The quantitative estimate of drug-likeness (QED) is 0.623. The van der Waals surface area contributed by atoms with Crippen LogP contribution in [0.15, 0.2) is 12.3 Å². The van der Waals surface area contributed by atoms with Crippen molar-refractivity contribution in [3.63, 3.8) is 0 Å². The van der Waals surface area contributed by atoms with Crippen molar-refractivity contribution in [3.05, 3.63) is 18.0 Å². The van der Waals surface area contributed by atoms with Gasteiger partial charge in [-0.15, -0.1) is 0 Å². The van der Waals surface area contributed by atoms with Crippen molar-refractivity contribution in [1.29, 1.82) is 0 Å². The number of hydrogen-bond donors (Lipinski definition) is 0. The van der Waals surface area contributed by atoms with Crippen LogP contribution in [0.1, 0.15) is 51.6 Å². The van der Waals surface area contributed by atoms with E-state index in [1.54, 1.807) is 0 Å². The summed E-state index contributed by atoms with van der Waals surface area (Å²) < 4.78 is 2.11. The Bertz CT molecular complexity index is 265. The van der Waals surface area contributed by atoms with Gasteiger partial charge in [-0.1, -0.05) is 39.5 Å². The van der Waals surface area contributed by atoms with Gasteiger partial charge in [0.25, 0.3) is 0 Å². The minimum Gasteiger partial charge on any atom is -0.270 e. The summed E-state index contributed by atoms with van der Waals surface area (Å²) in [6.07, 6.45) is 8.60. The van der Waals surface area contributed by atoms with Crippen molar-refractivity contribution < 1.29 is 0 Å². The molecule has 1 rings (SSSR count). The van der Waals surface area contributed by atoms with Gasteiger partial charge >= 0.3 is 0 Å². The Morgan fingerprint density at radius 2 is 2.13 bits per heavy atom. The van der Waals surface area contributed by atoms with Crippen molar-refractivity contribution in [2.45, 2.75) is 59.4 Å². The van der Waals surface area contributed by atoms with Crippen LogP contribution in [-0.2, 0) is 6.54 Å². The molecule has 1 heterocycles. The van der Waals surface area contributed by atoms with Crippen molar-refractivity contribution in [2.24, 2.45) is 5.92 Å². The van der Waals surface area contributed by atoms with E-state index < -0.39 is 0 Å². The molecule has 0 aliphatic carbocycles. The standard InChI is InChI=1S/C13H24N2/c1-4-5-6-7-12(2)9-11-15-13(3)8-10-14-15/h8,10,12H,4-7,9,11H2,1-3H3. The molecule has 1 aromatic heterocycles. The van der Waals surface area contributed by atoms with Gasteiger partial charge in [-0.25, -0.2) is 0 Å². The Morgan fingerprint density at radius 3 is 2.73 bits per heavy atom. The number of aryl methyl sites for hydroxylation is 2. The van der Waals surface area contributed by atoms with E-state index >= 15 is 0 Å². The van der Waals surface area contributed by atoms with Crippen LogP contribution in [0.25, 0.3) is 0 Å². The molecular formula is C13H24N2. The minimum absolute atomic E-state index is 0.833. The summed E-state index contributed by atoms with van der Waals surface area (Å²) >= 11 is 0. The molecule has 0 fully saturated rings. The molecule has 15 heavy (non-hydrogen) atoms. The average Bonchev–Trinajstić information content (AvgIpc) is 2.61. The summed E-state index contributed by atoms with van der Waals surface area (Å²) in [4.78, 5) is 0. The summed E-state index contributed by atoms with van der Waals surface area (Å²) in [6, 6.07) is 2.07. The lowest BCUT2D eigenvalue weighted by Gasteiger charge is -2.11. The molecule has 0 aliphatic heterocycles. The first-order chi connectivity index (χ1) is 7.24. The zero-order valence-corrected chi connectivity index (χ0v) is 10.4. The molecule has 0 aliphatic rings. The number of unbranched alkanes of at least 4 members (excludes halogenated alkanes) is 2. The first kappa shape index (κ1) is 12.3. The third-order valence-electron chi connectivity index (χ3n) is 3.06. The van der Waals surface area contributed by atoms with E-state index in [1.165, 1.54) is 37.8 Å². The second-order valence-electron chi connectivity index (χ2n) is 4.59. The van der Waals surface area contributed by atoms with Crippen molar-refractivity contribution >= 4 is 0 Å². The first-order valence-electron chi connectivity index (χ1n) is 6.22. The van der Waals surface area contributed by atoms with Crippen LogP contribution in [0.5, 0.6) is 0 Å². The van der Waals surface area contributed by atoms with Gasteiger partial charge in [0.2, 0.25) is 0 Å². The first-order valence-corrected chi connectivity index (χ1v) is 6.22. The summed E-state index contributed by atoms with van der Waals surface area (Å²) in [5.74, 6) is 0.833. The van der Waals surface area contributed by atoms with Crippen LogP contribution in [0.2, 0.25) is 0 Å². The molecule has 0 aromatic carbocycles. The van der Waals surface area contributed by atoms with Crippen LogP contribution in [0.4, 0.5) is 0 Å². The Kier molecular flexibility index (Phi) is 5.44. The molecule has 2 heteroatoms. The fraction of sp³-hybridized carbons (Fsp3) is 0.769. The second-order valence-corrected chi connectivity index (χ2v) is 4.59. The molecule has 1 atom stereocenters. The smallest absolute Gasteiger partial charge is 0.0492 e. The van der Waals surface area contributed by atoms with Crippen LogP contribution in [0, 0.1) is 12.8 Å². The van der Waals surface area contributed by atoms with Gasteiger partial charge in [-0.05, 0) is 25.3 Å². The molecule has 0 amide bonds. The predicted molar refractivity (Wildman–Crippen MR) is 64.9 cm³/mol. The maximum atomic E-state index is 4.30.